The van der Waals surface area contributed by atoms with Gasteiger partial charge in [0.25, 0.3) is 5.56 Å². The average molecular weight is 329 g/mol. The highest BCUT2D eigenvalue weighted by molar-refractivity contribution is 5.74. The van der Waals surface area contributed by atoms with Crippen molar-refractivity contribution in [3.63, 3.8) is 0 Å². The topological polar surface area (TPSA) is 105 Å². The van der Waals surface area contributed by atoms with Gasteiger partial charge in [-0.1, -0.05) is 30.3 Å². The normalized spacial score (nSPS) is 12.5. The van der Waals surface area contributed by atoms with Gasteiger partial charge >= 0.3 is 5.69 Å². The van der Waals surface area contributed by atoms with E-state index in [4.69, 9.17) is 0 Å². The summed E-state index contributed by atoms with van der Waals surface area (Å²) in [7, 11) is 1.55. The largest absolute Gasteiger partial charge is 0.392 e. The van der Waals surface area contributed by atoms with Gasteiger partial charge < -0.3 is 10.4 Å². The van der Waals surface area contributed by atoms with Crippen molar-refractivity contribution in [3.8, 4) is 0 Å². The fraction of sp³-hybridized carbons (Fsp3) is 0.312. The van der Waals surface area contributed by atoms with Crippen LogP contribution in [-0.4, -0.2) is 36.9 Å². The molecule has 2 aromatic heterocycles. The highest BCUT2D eigenvalue weighted by Crippen LogP contribution is 2.17. The highest BCUT2D eigenvalue weighted by atomic mass is 16.3. The zero-order valence-corrected chi connectivity index (χ0v) is 13.5. The van der Waals surface area contributed by atoms with Crippen LogP contribution in [0.2, 0.25) is 0 Å². The monoisotopic (exact) mass is 329 g/mol. The number of aromatic nitrogens is 4. The van der Waals surface area contributed by atoms with E-state index in [0.29, 0.717) is 23.7 Å². The number of aliphatic hydroxyl groups excluding tert-OH is 1. The van der Waals surface area contributed by atoms with E-state index >= 15 is 0 Å². The maximum absolute atomic E-state index is 12.3. The fourth-order valence-electron chi connectivity index (χ4n) is 2.53. The van der Waals surface area contributed by atoms with Crippen molar-refractivity contribution in [3.05, 3.63) is 56.7 Å². The summed E-state index contributed by atoms with van der Waals surface area (Å²) in [6.07, 6.45) is -0.572. The van der Waals surface area contributed by atoms with Crippen LogP contribution in [0.25, 0.3) is 11.2 Å². The molecular weight excluding hydrogens is 310 g/mol. The second-order valence-electron chi connectivity index (χ2n) is 5.73. The van der Waals surface area contributed by atoms with Crippen LogP contribution < -0.4 is 16.6 Å². The van der Waals surface area contributed by atoms with Crippen LogP contribution in [0.15, 0.2) is 39.9 Å². The van der Waals surface area contributed by atoms with Crippen LogP contribution in [0, 0.1) is 0 Å². The van der Waals surface area contributed by atoms with Gasteiger partial charge in [-0.25, -0.2) is 4.79 Å². The number of nitrogens with one attached hydrogen (secondary N) is 2. The Bertz CT molecular complexity index is 969. The molecule has 24 heavy (non-hydrogen) atoms. The molecule has 0 bridgehead atoms. The van der Waals surface area contributed by atoms with Crippen molar-refractivity contribution in [2.45, 2.75) is 19.6 Å². The minimum Gasteiger partial charge on any atom is -0.392 e. The van der Waals surface area contributed by atoms with Crippen LogP contribution >= 0.6 is 0 Å². The third-order valence-corrected chi connectivity index (χ3v) is 3.75. The third-order valence-electron chi connectivity index (χ3n) is 3.75. The first-order valence-electron chi connectivity index (χ1n) is 7.62. The lowest BCUT2D eigenvalue weighted by atomic mass is 10.2. The molecule has 0 saturated carbocycles. The van der Waals surface area contributed by atoms with Gasteiger partial charge in [-0.2, -0.15) is 4.98 Å². The van der Waals surface area contributed by atoms with E-state index in [1.165, 1.54) is 4.57 Å². The molecule has 0 fully saturated rings. The summed E-state index contributed by atoms with van der Waals surface area (Å²) in [5.74, 6) is 0.432. The van der Waals surface area contributed by atoms with Crippen LogP contribution in [0.1, 0.15) is 12.5 Å². The Morgan fingerprint density at radius 1 is 1.29 bits per heavy atom. The first-order valence-corrected chi connectivity index (χ1v) is 7.62. The van der Waals surface area contributed by atoms with E-state index in [0.717, 1.165) is 5.56 Å². The third kappa shape index (κ3) is 2.95. The SMILES string of the molecule is CC(O)CNc1nc2c(c(=O)[nH]c(=O)n2C)n1Cc1ccccc1. The molecule has 1 aromatic carbocycles. The van der Waals surface area contributed by atoms with E-state index in [1.807, 2.05) is 30.3 Å². The number of hydrogen-bond acceptors (Lipinski definition) is 5. The quantitative estimate of drug-likeness (QED) is 0.623. The molecule has 0 amide bonds. The van der Waals surface area contributed by atoms with Gasteiger partial charge in [-0.3, -0.25) is 18.9 Å². The van der Waals surface area contributed by atoms with Gasteiger partial charge in [0.15, 0.2) is 11.2 Å². The Morgan fingerprint density at radius 2 is 2.00 bits per heavy atom. The molecule has 2 heterocycles. The lowest BCUT2D eigenvalue weighted by molar-refractivity contribution is 0.208. The molecule has 3 rings (SSSR count). The van der Waals surface area contributed by atoms with E-state index in [1.54, 1.807) is 18.5 Å². The van der Waals surface area contributed by atoms with Gasteiger partial charge in [0.2, 0.25) is 5.95 Å². The summed E-state index contributed by atoms with van der Waals surface area (Å²) in [5, 5.41) is 12.5. The van der Waals surface area contributed by atoms with Crippen molar-refractivity contribution in [2.75, 3.05) is 11.9 Å². The number of nitrogens with zero attached hydrogens (tertiary/aromatic N) is 3. The summed E-state index contributed by atoms with van der Waals surface area (Å²) in [5.41, 5.74) is 0.604. The number of hydrogen-bond donors (Lipinski definition) is 3. The number of rotatable bonds is 5. The summed E-state index contributed by atoms with van der Waals surface area (Å²) in [6.45, 7) is 2.35. The van der Waals surface area contributed by atoms with Crippen molar-refractivity contribution in [2.24, 2.45) is 7.05 Å². The second-order valence-corrected chi connectivity index (χ2v) is 5.73. The predicted octanol–water partition coefficient (Wildman–Crippen LogP) is 0.264. The highest BCUT2D eigenvalue weighted by Gasteiger charge is 2.17. The molecule has 0 aliphatic heterocycles. The molecule has 0 aliphatic rings. The summed E-state index contributed by atoms with van der Waals surface area (Å²) < 4.78 is 3.01. The fourth-order valence-corrected chi connectivity index (χ4v) is 2.53. The molecule has 8 heteroatoms. The van der Waals surface area contributed by atoms with Crippen molar-refractivity contribution >= 4 is 17.1 Å². The molecule has 3 aromatic rings. The molecule has 3 N–H and O–H groups in total. The Kier molecular flexibility index (Phi) is 4.22. The molecule has 8 nitrogen and oxygen atoms in total. The molecule has 0 spiro atoms. The Hall–Kier alpha value is -2.87. The number of H-pyrrole nitrogens is 1. The van der Waals surface area contributed by atoms with Crippen molar-refractivity contribution < 1.29 is 5.11 Å². The smallest absolute Gasteiger partial charge is 0.329 e. The Balaban J connectivity index is 2.19. The van der Waals surface area contributed by atoms with E-state index in [-0.39, 0.29) is 6.54 Å². The zero-order valence-electron chi connectivity index (χ0n) is 13.5. The second kappa shape index (κ2) is 6.32. The maximum atomic E-state index is 12.3. The number of aliphatic hydroxyl groups is 1. The summed E-state index contributed by atoms with van der Waals surface area (Å²) >= 11 is 0. The number of aromatic amines is 1. The number of benzene rings is 1. The predicted molar refractivity (Wildman–Crippen MR) is 91.3 cm³/mol. The molecule has 126 valence electrons. The molecule has 0 aliphatic carbocycles. The van der Waals surface area contributed by atoms with E-state index in [9.17, 15) is 14.7 Å². The number of aryl methyl sites for hydroxylation is 1. The number of anilines is 1. The van der Waals surface area contributed by atoms with Gasteiger partial charge in [0.1, 0.15) is 0 Å². The Morgan fingerprint density at radius 3 is 2.67 bits per heavy atom. The number of imidazole rings is 1. The Labute approximate surface area is 137 Å². The van der Waals surface area contributed by atoms with Crippen LogP contribution in [0.5, 0.6) is 0 Å². The van der Waals surface area contributed by atoms with Gasteiger partial charge in [-0.15, -0.1) is 0 Å². The zero-order chi connectivity index (χ0) is 17.3. The molecule has 1 atom stereocenters. The van der Waals surface area contributed by atoms with Gasteiger partial charge in [-0.05, 0) is 12.5 Å². The lowest BCUT2D eigenvalue weighted by Crippen LogP contribution is -2.29. The molecule has 0 radical (unpaired) electrons. The summed E-state index contributed by atoms with van der Waals surface area (Å²) in [6, 6.07) is 9.63. The molecular formula is C16H19N5O3. The first-order chi connectivity index (χ1) is 11.5. The van der Waals surface area contributed by atoms with Crippen LogP contribution in [-0.2, 0) is 13.6 Å². The molecule has 1 unspecified atom stereocenters. The van der Waals surface area contributed by atoms with E-state index in [2.05, 4.69) is 15.3 Å². The molecule has 0 saturated heterocycles. The van der Waals surface area contributed by atoms with Gasteiger partial charge in [0.05, 0.1) is 12.6 Å². The van der Waals surface area contributed by atoms with Crippen molar-refractivity contribution in [1.82, 2.24) is 19.1 Å². The first kappa shape index (κ1) is 16.0. The minimum absolute atomic E-state index is 0.282. The van der Waals surface area contributed by atoms with Gasteiger partial charge in [0, 0.05) is 13.6 Å². The van der Waals surface area contributed by atoms with E-state index < -0.39 is 17.4 Å². The standard InChI is InChI=1S/C16H19N5O3/c1-10(22)8-17-15-18-13-12(14(23)19-16(24)20(13)2)21(15)9-11-6-4-3-5-7-11/h3-7,10,22H,8-9H2,1-2H3,(H,17,18)(H,19,23,24). The lowest BCUT2D eigenvalue weighted by Gasteiger charge is -2.11. The van der Waals surface area contributed by atoms with Crippen LogP contribution in [0.4, 0.5) is 5.95 Å². The van der Waals surface area contributed by atoms with Crippen molar-refractivity contribution in [1.29, 1.82) is 0 Å². The van der Waals surface area contributed by atoms with Crippen LogP contribution in [0.3, 0.4) is 0 Å². The average Bonchev–Trinajstić information content (AvgIpc) is 2.91. The summed E-state index contributed by atoms with van der Waals surface area (Å²) in [4.78, 5) is 30.8. The maximum Gasteiger partial charge on any atom is 0.329 e. The number of fused-ring (bicyclic) bond motifs is 1. The minimum atomic E-state index is -0.572.